The molecule has 0 fully saturated rings. The second-order valence-electron chi connectivity index (χ2n) is 5.14. The van der Waals surface area contributed by atoms with Gasteiger partial charge in [0.2, 0.25) is 0 Å². The van der Waals surface area contributed by atoms with Gasteiger partial charge in [-0.05, 0) is 13.0 Å². The summed E-state index contributed by atoms with van der Waals surface area (Å²) < 4.78 is 5.62. The highest BCUT2D eigenvalue weighted by Crippen LogP contribution is 2.32. The number of benzene rings is 1. The fraction of sp³-hybridized carbons (Fsp3) is 0.312. The van der Waals surface area contributed by atoms with Crippen molar-refractivity contribution < 1.29 is 14.9 Å². The molecule has 1 aromatic carbocycles. The van der Waals surface area contributed by atoms with Crippen LogP contribution < -0.4 is 10.1 Å². The molecule has 21 heavy (non-hydrogen) atoms. The van der Waals surface area contributed by atoms with Crippen molar-refractivity contribution in [2.45, 2.75) is 26.1 Å². The van der Waals surface area contributed by atoms with Crippen molar-refractivity contribution in [3.8, 4) is 11.5 Å². The Labute approximate surface area is 123 Å². The van der Waals surface area contributed by atoms with Crippen LogP contribution in [0.2, 0.25) is 0 Å². The van der Waals surface area contributed by atoms with Crippen LogP contribution in [0.3, 0.4) is 0 Å². The second kappa shape index (κ2) is 5.71. The summed E-state index contributed by atoms with van der Waals surface area (Å²) in [5, 5.41) is 22.9. The molecular formula is C16H18N2O3. The molecule has 0 bridgehead atoms. The minimum atomic E-state index is -0.143. The van der Waals surface area contributed by atoms with Crippen LogP contribution in [0.25, 0.3) is 0 Å². The number of fused-ring (bicyclic) bond motifs is 1. The third kappa shape index (κ3) is 2.57. The van der Waals surface area contributed by atoms with Crippen LogP contribution in [0.5, 0.6) is 11.5 Å². The van der Waals surface area contributed by atoms with E-state index in [2.05, 4.69) is 10.3 Å². The van der Waals surface area contributed by atoms with E-state index in [0.29, 0.717) is 30.0 Å². The van der Waals surface area contributed by atoms with E-state index in [9.17, 15) is 10.2 Å². The quantitative estimate of drug-likeness (QED) is 0.799. The molecule has 3 rings (SSSR count). The predicted molar refractivity (Wildman–Crippen MR) is 78.1 cm³/mol. The molecule has 0 spiro atoms. The summed E-state index contributed by atoms with van der Waals surface area (Å²) in [4.78, 5) is 4.06. The number of nitrogens with one attached hydrogen (secondary N) is 1. The first kappa shape index (κ1) is 13.9. The number of aliphatic hydroxyl groups is 1. The molecule has 2 heterocycles. The summed E-state index contributed by atoms with van der Waals surface area (Å²) in [5.74, 6) is 1.04. The Morgan fingerprint density at radius 3 is 3.00 bits per heavy atom. The van der Waals surface area contributed by atoms with Gasteiger partial charge in [0.15, 0.2) is 0 Å². The molecule has 1 aliphatic heterocycles. The summed E-state index contributed by atoms with van der Waals surface area (Å²) in [6.45, 7) is 2.62. The normalized spacial score (nSPS) is 16.6. The van der Waals surface area contributed by atoms with E-state index in [0.717, 1.165) is 11.3 Å². The molecule has 2 aromatic rings. The Bertz CT molecular complexity index is 658. The van der Waals surface area contributed by atoms with Crippen LogP contribution in [0, 0.1) is 6.92 Å². The number of para-hydroxylation sites is 1. The molecule has 0 amide bonds. The topological polar surface area (TPSA) is 74.6 Å². The molecule has 0 radical (unpaired) electrons. The van der Waals surface area contributed by atoms with Gasteiger partial charge in [-0.1, -0.05) is 18.2 Å². The molecule has 0 saturated heterocycles. The van der Waals surface area contributed by atoms with Crippen molar-refractivity contribution in [2.24, 2.45) is 0 Å². The van der Waals surface area contributed by atoms with Crippen LogP contribution in [0.4, 0.5) is 0 Å². The average Bonchev–Trinajstić information content (AvgIpc) is 2.92. The number of aromatic nitrogens is 1. The lowest BCUT2D eigenvalue weighted by Crippen LogP contribution is -2.23. The number of aliphatic hydroxyl groups excluding tert-OH is 1. The summed E-state index contributed by atoms with van der Waals surface area (Å²) in [7, 11) is 0. The summed E-state index contributed by atoms with van der Waals surface area (Å²) in [5.41, 5.74) is 3.01. The Balaban J connectivity index is 1.79. The Hall–Kier alpha value is -2.11. The van der Waals surface area contributed by atoms with Gasteiger partial charge >= 0.3 is 0 Å². The molecule has 0 aliphatic carbocycles. The number of rotatable bonds is 4. The third-order valence-corrected chi connectivity index (χ3v) is 3.83. The molecule has 3 N–H and O–H groups in total. The molecule has 110 valence electrons. The van der Waals surface area contributed by atoms with Crippen LogP contribution in [-0.4, -0.2) is 21.8 Å². The highest BCUT2D eigenvalue weighted by molar-refractivity contribution is 5.42. The van der Waals surface area contributed by atoms with Gasteiger partial charge in [0.25, 0.3) is 0 Å². The lowest BCUT2D eigenvalue weighted by atomic mass is 10.1. The highest BCUT2D eigenvalue weighted by Gasteiger charge is 2.23. The third-order valence-electron chi connectivity index (χ3n) is 3.83. The fourth-order valence-corrected chi connectivity index (χ4v) is 2.57. The lowest BCUT2D eigenvalue weighted by Gasteiger charge is -2.15. The number of aryl methyl sites for hydroxylation is 1. The van der Waals surface area contributed by atoms with E-state index in [1.165, 1.54) is 0 Å². The molecule has 1 aliphatic rings. The Morgan fingerprint density at radius 2 is 2.19 bits per heavy atom. The zero-order valence-electron chi connectivity index (χ0n) is 11.8. The first-order chi connectivity index (χ1) is 10.2. The maximum atomic E-state index is 10.1. The van der Waals surface area contributed by atoms with Crippen molar-refractivity contribution in [2.75, 3.05) is 6.61 Å². The fourth-order valence-electron chi connectivity index (χ4n) is 2.57. The molecule has 5 heteroatoms. The first-order valence-corrected chi connectivity index (χ1v) is 6.93. The average molecular weight is 286 g/mol. The van der Waals surface area contributed by atoms with Crippen molar-refractivity contribution >= 4 is 0 Å². The highest BCUT2D eigenvalue weighted by atomic mass is 16.5. The minimum absolute atomic E-state index is 0.0839. The molecule has 5 nitrogen and oxygen atoms in total. The van der Waals surface area contributed by atoms with Gasteiger partial charge in [0.05, 0.1) is 18.3 Å². The summed E-state index contributed by atoms with van der Waals surface area (Å²) in [6, 6.07) is 7.99. The van der Waals surface area contributed by atoms with Gasteiger partial charge < -0.3 is 20.3 Å². The number of pyridine rings is 1. The van der Waals surface area contributed by atoms with E-state index in [1.807, 2.05) is 24.3 Å². The van der Waals surface area contributed by atoms with Crippen LogP contribution in [0.1, 0.15) is 28.4 Å². The monoisotopic (exact) mass is 286 g/mol. The van der Waals surface area contributed by atoms with E-state index in [1.54, 1.807) is 13.1 Å². The van der Waals surface area contributed by atoms with Gasteiger partial charge in [0, 0.05) is 29.4 Å². The maximum Gasteiger partial charge on any atom is 0.141 e. The van der Waals surface area contributed by atoms with Gasteiger partial charge in [-0.15, -0.1) is 0 Å². The van der Waals surface area contributed by atoms with Crippen molar-refractivity contribution in [3.05, 3.63) is 52.8 Å². The molecule has 1 atom stereocenters. The largest absolute Gasteiger partial charge is 0.506 e. The van der Waals surface area contributed by atoms with E-state index in [4.69, 9.17) is 4.74 Å². The molecular weight excluding hydrogens is 268 g/mol. The summed E-state index contributed by atoms with van der Waals surface area (Å²) >= 11 is 0. The van der Waals surface area contributed by atoms with Gasteiger partial charge in [-0.2, -0.15) is 0 Å². The number of nitrogens with zero attached hydrogens (tertiary/aromatic N) is 1. The Morgan fingerprint density at radius 1 is 1.38 bits per heavy atom. The van der Waals surface area contributed by atoms with E-state index < -0.39 is 0 Å². The molecule has 1 unspecified atom stereocenters. The predicted octanol–water partition coefficient (Wildman–Crippen LogP) is 1.81. The number of ether oxygens (including phenoxy) is 1. The second-order valence-corrected chi connectivity index (χ2v) is 5.14. The summed E-state index contributed by atoms with van der Waals surface area (Å²) in [6.07, 6.45) is 1.60. The Kier molecular flexibility index (Phi) is 3.77. The van der Waals surface area contributed by atoms with Crippen molar-refractivity contribution in [3.63, 3.8) is 0 Å². The first-order valence-electron chi connectivity index (χ1n) is 6.93. The standard InChI is InChI=1S/C16H18N2O3/c1-10-16(20)13(11(8-19)6-17-10)7-18-14-9-21-15-5-3-2-4-12(14)15/h2-6,14,18-20H,7-9H2,1H3. The number of aromatic hydroxyl groups is 1. The SMILES string of the molecule is Cc1ncc(CO)c(CNC2COc3ccccc32)c1O. The van der Waals surface area contributed by atoms with Crippen molar-refractivity contribution in [1.29, 1.82) is 0 Å². The molecule has 1 aromatic heterocycles. The van der Waals surface area contributed by atoms with Gasteiger partial charge in [-0.3, -0.25) is 4.98 Å². The van der Waals surface area contributed by atoms with Crippen LogP contribution in [-0.2, 0) is 13.2 Å². The van der Waals surface area contributed by atoms with Crippen LogP contribution >= 0.6 is 0 Å². The van der Waals surface area contributed by atoms with E-state index in [-0.39, 0.29) is 18.4 Å². The smallest absolute Gasteiger partial charge is 0.141 e. The number of hydrogen-bond acceptors (Lipinski definition) is 5. The zero-order chi connectivity index (χ0) is 14.8. The minimum Gasteiger partial charge on any atom is -0.506 e. The van der Waals surface area contributed by atoms with Crippen molar-refractivity contribution in [1.82, 2.24) is 10.3 Å². The lowest BCUT2D eigenvalue weighted by molar-refractivity contribution is 0.277. The maximum absolute atomic E-state index is 10.1. The number of hydrogen-bond donors (Lipinski definition) is 3. The van der Waals surface area contributed by atoms with E-state index >= 15 is 0 Å². The van der Waals surface area contributed by atoms with Gasteiger partial charge in [-0.25, -0.2) is 0 Å². The van der Waals surface area contributed by atoms with Gasteiger partial charge in [0.1, 0.15) is 18.1 Å². The molecule has 0 saturated carbocycles. The zero-order valence-corrected chi connectivity index (χ0v) is 11.8. The van der Waals surface area contributed by atoms with Crippen LogP contribution in [0.15, 0.2) is 30.5 Å².